The Kier molecular flexibility index (Phi) is 5.67. The van der Waals surface area contributed by atoms with E-state index in [1.807, 2.05) is 13.8 Å². The minimum atomic E-state index is -0.511. The summed E-state index contributed by atoms with van der Waals surface area (Å²) in [7, 11) is 0. The standard InChI is InChI=1S/C22H23FN8O/c1-15(2)31(13-24)21(25)16-5-3-8-19(27-16)30-12-11-29(22(30)32)18-7-4-6-17(20(18)23)28-10-9-26-14-28/h3-10,13-15,24-25H,11-12H2,1-2H3. The van der Waals surface area contributed by atoms with E-state index < -0.39 is 11.8 Å². The summed E-state index contributed by atoms with van der Waals surface area (Å²) in [4.78, 5) is 25.9. The van der Waals surface area contributed by atoms with Crippen LogP contribution in [0.15, 0.2) is 55.1 Å². The maximum absolute atomic E-state index is 15.2. The number of rotatable bonds is 6. The first-order valence-corrected chi connectivity index (χ1v) is 10.1. The minimum absolute atomic E-state index is 0.0689. The van der Waals surface area contributed by atoms with Gasteiger partial charge < -0.3 is 9.47 Å². The number of halogens is 1. The second-order valence-corrected chi connectivity index (χ2v) is 7.53. The molecule has 0 spiro atoms. The predicted octanol–water partition coefficient (Wildman–Crippen LogP) is 3.50. The largest absolute Gasteiger partial charge is 0.330 e. The fraction of sp³-hybridized carbons (Fsp3) is 0.227. The molecule has 1 saturated heterocycles. The molecule has 0 radical (unpaired) electrons. The van der Waals surface area contributed by atoms with Crippen molar-refractivity contribution in [3.05, 3.63) is 66.6 Å². The number of aromatic nitrogens is 3. The number of pyridine rings is 1. The van der Waals surface area contributed by atoms with Gasteiger partial charge in [-0.05, 0) is 38.1 Å². The van der Waals surface area contributed by atoms with E-state index >= 15 is 4.39 Å². The van der Waals surface area contributed by atoms with Gasteiger partial charge in [0.25, 0.3) is 0 Å². The third-order valence-corrected chi connectivity index (χ3v) is 5.25. The van der Waals surface area contributed by atoms with Crippen LogP contribution in [0.3, 0.4) is 0 Å². The molecule has 0 bridgehead atoms. The van der Waals surface area contributed by atoms with Crippen LogP contribution in [0.5, 0.6) is 0 Å². The van der Waals surface area contributed by atoms with Crippen LogP contribution in [0.4, 0.5) is 20.7 Å². The van der Waals surface area contributed by atoms with Gasteiger partial charge in [-0.2, -0.15) is 0 Å². The van der Waals surface area contributed by atoms with Crippen LogP contribution in [-0.4, -0.2) is 56.8 Å². The molecule has 32 heavy (non-hydrogen) atoms. The van der Waals surface area contributed by atoms with E-state index in [0.717, 1.165) is 6.34 Å². The molecule has 164 valence electrons. The van der Waals surface area contributed by atoms with Crippen molar-refractivity contribution < 1.29 is 9.18 Å². The summed E-state index contributed by atoms with van der Waals surface area (Å²) < 4.78 is 16.8. The SMILES string of the molecule is CC(C)N(C=N)C(=N)c1cccc(N2CCN(c3cccc(-n4ccnc4)c3F)C2=O)n1. The first-order chi connectivity index (χ1) is 15.4. The molecule has 0 unspecified atom stereocenters. The number of amides is 2. The van der Waals surface area contributed by atoms with E-state index in [0.29, 0.717) is 30.3 Å². The van der Waals surface area contributed by atoms with E-state index in [1.165, 1.54) is 21.0 Å². The van der Waals surface area contributed by atoms with E-state index in [4.69, 9.17) is 10.8 Å². The molecule has 2 amide bonds. The maximum Gasteiger partial charge on any atom is 0.330 e. The fourth-order valence-electron chi connectivity index (χ4n) is 3.60. The molecule has 1 aliphatic heterocycles. The highest BCUT2D eigenvalue weighted by atomic mass is 19.1. The van der Waals surface area contributed by atoms with Gasteiger partial charge >= 0.3 is 6.03 Å². The Morgan fingerprint density at radius 1 is 1.16 bits per heavy atom. The summed E-state index contributed by atoms with van der Waals surface area (Å²) in [6.45, 7) is 4.37. The molecule has 1 fully saturated rings. The fourth-order valence-corrected chi connectivity index (χ4v) is 3.60. The van der Waals surface area contributed by atoms with Crippen molar-refractivity contribution in [3.8, 4) is 5.69 Å². The number of nitrogens with one attached hydrogen (secondary N) is 2. The van der Waals surface area contributed by atoms with Crippen LogP contribution in [0, 0.1) is 16.6 Å². The molecule has 3 aromatic rings. The van der Waals surface area contributed by atoms with Gasteiger partial charge in [-0.1, -0.05) is 12.1 Å². The molecule has 0 aliphatic carbocycles. The number of carbonyl (C=O) groups is 1. The van der Waals surface area contributed by atoms with E-state index in [1.54, 1.807) is 53.4 Å². The van der Waals surface area contributed by atoms with E-state index in [2.05, 4.69) is 9.97 Å². The first kappa shape index (κ1) is 21.2. The molecular formula is C22H23FN8O. The summed E-state index contributed by atoms with van der Waals surface area (Å²) in [6, 6.07) is 9.47. The van der Waals surface area contributed by atoms with Crippen molar-refractivity contribution >= 4 is 29.7 Å². The number of urea groups is 1. The van der Waals surface area contributed by atoms with Crippen LogP contribution in [-0.2, 0) is 0 Å². The molecule has 9 nitrogen and oxygen atoms in total. The van der Waals surface area contributed by atoms with Crippen molar-refractivity contribution in [3.63, 3.8) is 0 Å². The van der Waals surface area contributed by atoms with Gasteiger partial charge in [0.05, 0.1) is 24.0 Å². The molecule has 0 saturated carbocycles. The monoisotopic (exact) mass is 434 g/mol. The van der Waals surface area contributed by atoms with Gasteiger partial charge in [-0.25, -0.2) is 19.2 Å². The molecular weight excluding hydrogens is 411 g/mol. The van der Waals surface area contributed by atoms with Crippen molar-refractivity contribution in [2.45, 2.75) is 19.9 Å². The lowest BCUT2D eigenvalue weighted by atomic mass is 10.2. The Labute approximate surface area is 184 Å². The third-order valence-electron chi connectivity index (χ3n) is 5.25. The summed E-state index contributed by atoms with van der Waals surface area (Å²) in [5.41, 5.74) is 0.835. The van der Waals surface area contributed by atoms with Crippen molar-refractivity contribution in [2.24, 2.45) is 0 Å². The second-order valence-electron chi connectivity index (χ2n) is 7.53. The summed E-state index contributed by atoms with van der Waals surface area (Å²) >= 11 is 0. The van der Waals surface area contributed by atoms with Gasteiger partial charge in [0.2, 0.25) is 0 Å². The summed E-state index contributed by atoms with van der Waals surface area (Å²) in [6.07, 6.45) is 5.78. The Balaban J connectivity index is 1.61. The van der Waals surface area contributed by atoms with Crippen molar-refractivity contribution in [1.29, 1.82) is 10.8 Å². The molecule has 1 aromatic carbocycles. The number of benzene rings is 1. The molecule has 3 heterocycles. The van der Waals surface area contributed by atoms with Crippen LogP contribution < -0.4 is 9.80 Å². The van der Waals surface area contributed by atoms with Gasteiger partial charge in [0.1, 0.15) is 11.5 Å². The topological polar surface area (TPSA) is 105 Å². The second kappa shape index (κ2) is 8.58. The number of imidazole rings is 1. The zero-order chi connectivity index (χ0) is 22.8. The molecule has 10 heteroatoms. The molecule has 2 N–H and O–H groups in total. The Morgan fingerprint density at radius 2 is 1.88 bits per heavy atom. The number of nitrogens with zero attached hydrogens (tertiary/aromatic N) is 6. The first-order valence-electron chi connectivity index (χ1n) is 10.1. The quantitative estimate of drug-likeness (QED) is 0.458. The number of hydrogen-bond donors (Lipinski definition) is 2. The predicted molar refractivity (Wildman–Crippen MR) is 120 cm³/mol. The van der Waals surface area contributed by atoms with Gasteiger partial charge in [-0.3, -0.25) is 20.6 Å². The zero-order valence-electron chi connectivity index (χ0n) is 17.7. The van der Waals surface area contributed by atoms with Crippen LogP contribution in [0.2, 0.25) is 0 Å². The van der Waals surface area contributed by atoms with Gasteiger partial charge in [0.15, 0.2) is 11.7 Å². The van der Waals surface area contributed by atoms with Crippen LogP contribution in [0.25, 0.3) is 5.69 Å². The lowest BCUT2D eigenvalue weighted by Crippen LogP contribution is -2.36. The minimum Gasteiger partial charge on any atom is -0.314 e. The highest BCUT2D eigenvalue weighted by Crippen LogP contribution is 2.29. The highest BCUT2D eigenvalue weighted by molar-refractivity contribution is 6.06. The number of anilines is 2. The summed E-state index contributed by atoms with van der Waals surface area (Å²) in [5, 5.41) is 15.9. The Morgan fingerprint density at radius 3 is 2.56 bits per heavy atom. The molecule has 4 rings (SSSR count). The lowest BCUT2D eigenvalue weighted by Gasteiger charge is -2.24. The van der Waals surface area contributed by atoms with Gasteiger partial charge in [0, 0.05) is 31.5 Å². The zero-order valence-corrected chi connectivity index (χ0v) is 17.7. The van der Waals surface area contributed by atoms with Crippen molar-refractivity contribution in [2.75, 3.05) is 22.9 Å². The maximum atomic E-state index is 15.2. The molecule has 0 atom stereocenters. The third kappa shape index (κ3) is 3.70. The number of amidine groups is 1. The highest BCUT2D eigenvalue weighted by Gasteiger charge is 2.33. The van der Waals surface area contributed by atoms with E-state index in [-0.39, 0.29) is 17.6 Å². The number of hydrogen-bond acceptors (Lipinski definition) is 5. The van der Waals surface area contributed by atoms with Crippen LogP contribution in [0.1, 0.15) is 19.5 Å². The Bertz CT molecular complexity index is 1160. The average molecular weight is 434 g/mol. The Hall–Kier alpha value is -4.08. The van der Waals surface area contributed by atoms with Gasteiger partial charge in [-0.15, -0.1) is 0 Å². The average Bonchev–Trinajstić information content (AvgIpc) is 3.44. The molecule has 2 aromatic heterocycles. The smallest absolute Gasteiger partial charge is 0.314 e. The lowest BCUT2D eigenvalue weighted by molar-refractivity contribution is 0.255. The van der Waals surface area contributed by atoms with E-state index in [9.17, 15) is 4.79 Å². The summed E-state index contributed by atoms with van der Waals surface area (Å²) in [5.74, 6) is -0.0678. The normalized spacial score (nSPS) is 13.7. The van der Waals surface area contributed by atoms with Crippen LogP contribution >= 0.6 is 0 Å². The molecule has 1 aliphatic rings. The van der Waals surface area contributed by atoms with Crippen molar-refractivity contribution in [1.82, 2.24) is 19.4 Å². The number of carbonyl (C=O) groups excluding carboxylic acids is 1.